The minimum absolute atomic E-state index is 0.238. The fourth-order valence-corrected chi connectivity index (χ4v) is 2.44. The van der Waals surface area contributed by atoms with Gasteiger partial charge < -0.3 is 14.7 Å². The Morgan fingerprint density at radius 1 is 1.32 bits per heavy atom. The lowest BCUT2D eigenvalue weighted by atomic mass is 10.2. The van der Waals surface area contributed by atoms with Crippen LogP contribution in [0.15, 0.2) is 18.5 Å². The first kappa shape index (κ1) is 23.0. The SMILES string of the molecule is C#C.CC.CN1CCCC1COc1cncc(C#CCCCCO)c1. The van der Waals surface area contributed by atoms with Crippen LogP contribution in [0.5, 0.6) is 5.75 Å². The van der Waals surface area contributed by atoms with Gasteiger partial charge in [-0.05, 0) is 45.3 Å². The zero-order valence-electron chi connectivity index (χ0n) is 15.9. The zero-order chi connectivity index (χ0) is 18.9. The van der Waals surface area contributed by atoms with Crippen LogP contribution in [0.3, 0.4) is 0 Å². The summed E-state index contributed by atoms with van der Waals surface area (Å²) in [6.07, 6.45) is 16.5. The number of pyridine rings is 1. The molecule has 2 heterocycles. The third-order valence-corrected chi connectivity index (χ3v) is 3.77. The Hall–Kier alpha value is -2.01. The summed E-state index contributed by atoms with van der Waals surface area (Å²) in [5.41, 5.74) is 0.885. The standard InChI is InChI=1S/C17H24N2O2.C2H6.C2H2/c1-19-9-6-8-16(19)14-21-17-11-15(12-18-13-17)7-4-2-3-5-10-20;2*1-2/h11-13,16,20H,2-3,5-6,8-10,14H2,1H3;1-2H3;1-2H. The van der Waals surface area contributed by atoms with Crippen molar-refractivity contribution in [2.24, 2.45) is 0 Å². The van der Waals surface area contributed by atoms with Gasteiger partial charge in [0.15, 0.2) is 0 Å². The Morgan fingerprint density at radius 2 is 2.08 bits per heavy atom. The van der Waals surface area contributed by atoms with E-state index in [0.29, 0.717) is 12.6 Å². The van der Waals surface area contributed by atoms with Crippen LogP contribution in [0.4, 0.5) is 0 Å². The molecular weight excluding hydrogens is 312 g/mol. The predicted octanol–water partition coefficient (Wildman–Crippen LogP) is 3.34. The Kier molecular flexibility index (Phi) is 14.3. The van der Waals surface area contributed by atoms with Gasteiger partial charge in [-0.1, -0.05) is 25.7 Å². The smallest absolute Gasteiger partial charge is 0.138 e. The molecule has 4 nitrogen and oxygen atoms in total. The number of likely N-dealkylation sites (N-methyl/N-ethyl adjacent to an activating group) is 1. The number of hydrogen-bond donors (Lipinski definition) is 1. The van der Waals surface area contributed by atoms with Crippen molar-refractivity contribution in [2.75, 3.05) is 26.8 Å². The molecule has 1 N–H and O–H groups in total. The van der Waals surface area contributed by atoms with Crippen LogP contribution in [-0.2, 0) is 0 Å². The van der Waals surface area contributed by atoms with Gasteiger partial charge >= 0.3 is 0 Å². The first-order valence-corrected chi connectivity index (χ1v) is 9.01. The molecule has 0 aliphatic carbocycles. The van der Waals surface area contributed by atoms with Gasteiger partial charge in [0, 0.05) is 30.8 Å². The second-order valence-corrected chi connectivity index (χ2v) is 5.48. The maximum atomic E-state index is 8.71. The minimum Gasteiger partial charge on any atom is -0.490 e. The van der Waals surface area contributed by atoms with Gasteiger partial charge in [-0.3, -0.25) is 4.98 Å². The highest BCUT2D eigenvalue weighted by Gasteiger charge is 2.21. The zero-order valence-corrected chi connectivity index (χ0v) is 15.9. The van der Waals surface area contributed by atoms with Crippen LogP contribution in [0.1, 0.15) is 51.5 Å². The number of aliphatic hydroxyl groups is 1. The van der Waals surface area contributed by atoms with Crippen LogP contribution in [0, 0.1) is 24.7 Å². The molecule has 1 aromatic rings. The number of aromatic nitrogens is 1. The Bertz CT molecular complexity index is 531. The van der Waals surface area contributed by atoms with Gasteiger partial charge in [0.2, 0.25) is 0 Å². The quantitative estimate of drug-likeness (QED) is 0.635. The van der Waals surface area contributed by atoms with Crippen molar-refractivity contribution in [2.45, 2.75) is 52.0 Å². The molecule has 25 heavy (non-hydrogen) atoms. The molecule has 0 saturated carbocycles. The Balaban J connectivity index is 0.00000134. The summed E-state index contributed by atoms with van der Waals surface area (Å²) >= 11 is 0. The van der Waals surface area contributed by atoms with Crippen molar-refractivity contribution >= 4 is 0 Å². The first-order valence-electron chi connectivity index (χ1n) is 9.01. The molecule has 0 bridgehead atoms. The van der Waals surface area contributed by atoms with Gasteiger partial charge in [0.1, 0.15) is 12.4 Å². The molecular formula is C21H32N2O2. The van der Waals surface area contributed by atoms with Gasteiger partial charge in [-0.2, -0.15) is 0 Å². The predicted molar refractivity (Wildman–Crippen MR) is 104 cm³/mol. The van der Waals surface area contributed by atoms with E-state index in [0.717, 1.165) is 37.1 Å². The number of hydrogen-bond acceptors (Lipinski definition) is 4. The van der Waals surface area contributed by atoms with E-state index in [1.807, 2.05) is 19.9 Å². The van der Waals surface area contributed by atoms with Crippen molar-refractivity contribution in [3.8, 4) is 30.4 Å². The summed E-state index contributed by atoms with van der Waals surface area (Å²) in [6.45, 7) is 6.11. The van der Waals surface area contributed by atoms with E-state index < -0.39 is 0 Å². The van der Waals surface area contributed by atoms with Gasteiger partial charge in [0.25, 0.3) is 0 Å². The summed E-state index contributed by atoms with van der Waals surface area (Å²) in [7, 11) is 2.15. The van der Waals surface area contributed by atoms with Crippen molar-refractivity contribution in [3.63, 3.8) is 0 Å². The Labute approximate surface area is 153 Å². The summed E-state index contributed by atoms with van der Waals surface area (Å²) in [5, 5.41) is 8.71. The average molecular weight is 344 g/mol. The second kappa shape index (κ2) is 15.5. The van der Waals surface area contributed by atoms with Crippen molar-refractivity contribution in [3.05, 3.63) is 24.0 Å². The monoisotopic (exact) mass is 344 g/mol. The molecule has 1 fully saturated rings. The fourth-order valence-electron chi connectivity index (χ4n) is 2.44. The fraction of sp³-hybridized carbons (Fsp3) is 0.571. The first-order chi connectivity index (χ1) is 12.3. The van der Waals surface area contributed by atoms with Crippen LogP contribution < -0.4 is 4.74 Å². The van der Waals surface area contributed by atoms with E-state index >= 15 is 0 Å². The number of ether oxygens (including phenoxy) is 1. The van der Waals surface area contributed by atoms with E-state index in [1.165, 1.54) is 12.8 Å². The van der Waals surface area contributed by atoms with Crippen LogP contribution >= 0.6 is 0 Å². The summed E-state index contributed by atoms with van der Waals surface area (Å²) in [5.74, 6) is 6.99. The largest absolute Gasteiger partial charge is 0.490 e. The highest BCUT2D eigenvalue weighted by Crippen LogP contribution is 2.17. The van der Waals surface area contributed by atoms with Gasteiger partial charge in [-0.25, -0.2) is 0 Å². The number of unbranched alkanes of at least 4 members (excludes halogenated alkanes) is 2. The molecule has 1 aliphatic heterocycles. The molecule has 1 aromatic heterocycles. The number of likely N-dealkylation sites (tertiary alicyclic amines) is 1. The minimum atomic E-state index is 0.238. The van der Waals surface area contributed by atoms with E-state index in [4.69, 9.17) is 9.84 Å². The van der Waals surface area contributed by atoms with E-state index in [2.05, 4.69) is 41.6 Å². The third kappa shape index (κ3) is 9.77. The third-order valence-electron chi connectivity index (χ3n) is 3.77. The molecule has 2 rings (SSSR count). The van der Waals surface area contributed by atoms with Crippen LogP contribution in [0.25, 0.3) is 0 Å². The Morgan fingerprint density at radius 3 is 2.72 bits per heavy atom. The maximum Gasteiger partial charge on any atom is 0.138 e. The summed E-state index contributed by atoms with van der Waals surface area (Å²) < 4.78 is 5.84. The highest BCUT2D eigenvalue weighted by molar-refractivity contribution is 5.36. The van der Waals surface area contributed by atoms with E-state index in [9.17, 15) is 0 Å². The van der Waals surface area contributed by atoms with E-state index in [-0.39, 0.29) is 6.61 Å². The number of nitrogens with zero attached hydrogens (tertiary/aromatic N) is 2. The maximum absolute atomic E-state index is 8.71. The molecule has 0 spiro atoms. The molecule has 4 heteroatoms. The molecule has 138 valence electrons. The number of rotatable bonds is 6. The summed E-state index contributed by atoms with van der Waals surface area (Å²) in [6, 6.07) is 2.46. The lowest BCUT2D eigenvalue weighted by molar-refractivity contribution is 0.198. The van der Waals surface area contributed by atoms with Gasteiger partial charge in [0.05, 0.1) is 6.20 Å². The van der Waals surface area contributed by atoms with E-state index in [1.54, 1.807) is 12.4 Å². The molecule has 0 radical (unpaired) electrons. The van der Waals surface area contributed by atoms with Crippen LogP contribution in [0.2, 0.25) is 0 Å². The highest BCUT2D eigenvalue weighted by atomic mass is 16.5. The lowest BCUT2D eigenvalue weighted by Gasteiger charge is -2.19. The lowest BCUT2D eigenvalue weighted by Crippen LogP contribution is -2.30. The number of terminal acetylenes is 1. The van der Waals surface area contributed by atoms with Crippen LogP contribution in [-0.4, -0.2) is 47.8 Å². The molecule has 1 unspecified atom stereocenters. The molecule has 1 atom stereocenters. The molecule has 0 aromatic carbocycles. The normalized spacial score (nSPS) is 15.7. The molecule has 1 saturated heterocycles. The van der Waals surface area contributed by atoms with Crippen molar-refractivity contribution in [1.29, 1.82) is 0 Å². The topological polar surface area (TPSA) is 45.6 Å². The number of aliphatic hydroxyl groups excluding tert-OH is 1. The van der Waals surface area contributed by atoms with Crippen molar-refractivity contribution in [1.82, 2.24) is 9.88 Å². The second-order valence-electron chi connectivity index (χ2n) is 5.48. The van der Waals surface area contributed by atoms with Crippen molar-refractivity contribution < 1.29 is 9.84 Å². The molecule has 1 aliphatic rings. The molecule has 0 amide bonds. The average Bonchev–Trinajstić information content (AvgIpc) is 3.08. The summed E-state index contributed by atoms with van der Waals surface area (Å²) in [4.78, 5) is 6.53. The van der Waals surface area contributed by atoms with Gasteiger partial charge in [-0.15, -0.1) is 12.8 Å².